The maximum atomic E-state index is 2.48. The molecule has 0 unspecified atom stereocenters. The van der Waals surface area contributed by atoms with Crippen LogP contribution in [0.2, 0.25) is 0 Å². The molecule has 0 aromatic heterocycles. The Labute approximate surface area is 276 Å². The summed E-state index contributed by atoms with van der Waals surface area (Å²) in [5, 5.41) is 5.40. The van der Waals surface area contributed by atoms with Crippen LogP contribution in [0.4, 0.5) is 0 Å². The maximum Gasteiger partial charge on any atom is 0.0159 e. The zero-order valence-corrected chi connectivity index (χ0v) is 26.8. The molecule has 0 N–H and O–H groups in total. The van der Waals surface area contributed by atoms with E-state index in [1.807, 2.05) is 0 Å². The molecule has 0 spiro atoms. The minimum atomic E-state index is -0.119. The Balaban J connectivity index is 1.09. The predicted molar refractivity (Wildman–Crippen MR) is 201 cm³/mol. The second-order valence-electron chi connectivity index (χ2n) is 14.0. The first-order chi connectivity index (χ1) is 23.1. The zero-order valence-electron chi connectivity index (χ0n) is 26.8. The SMILES string of the molecule is CC1(C)c2cc(-c3ccccc3-c3cccc4ccccc34)ccc2-c2ccc(-c3ccc4c5c6c(ccc35)C=CCC6=CC4)cc21. The fraction of sp³-hybridized carbons (Fsp3) is 0.106. The third-order valence-corrected chi connectivity index (χ3v) is 11.1. The van der Waals surface area contributed by atoms with Crippen LogP contribution in [0.1, 0.15) is 48.1 Å². The van der Waals surface area contributed by atoms with E-state index in [1.54, 1.807) is 0 Å². The van der Waals surface area contributed by atoms with Gasteiger partial charge in [-0.3, -0.25) is 0 Å². The van der Waals surface area contributed by atoms with Crippen molar-refractivity contribution in [3.8, 4) is 44.5 Å². The second-order valence-corrected chi connectivity index (χ2v) is 14.0. The molecule has 7 aromatic rings. The van der Waals surface area contributed by atoms with E-state index in [1.165, 1.54) is 99.4 Å². The van der Waals surface area contributed by atoms with Gasteiger partial charge in [0.05, 0.1) is 0 Å². The van der Waals surface area contributed by atoms with Crippen molar-refractivity contribution in [2.45, 2.75) is 32.1 Å². The molecule has 7 aromatic carbocycles. The van der Waals surface area contributed by atoms with Crippen LogP contribution in [0.3, 0.4) is 0 Å². The van der Waals surface area contributed by atoms with E-state index in [0.717, 1.165) is 12.8 Å². The molecule has 0 bridgehead atoms. The topological polar surface area (TPSA) is 0 Å². The Hall–Kier alpha value is -5.46. The Kier molecular flexibility index (Phi) is 5.56. The van der Waals surface area contributed by atoms with Crippen LogP contribution in [0.5, 0.6) is 0 Å². The molecule has 0 saturated heterocycles. The van der Waals surface area contributed by atoms with Crippen LogP contribution in [0.15, 0.2) is 140 Å². The number of benzene rings is 7. The average Bonchev–Trinajstić information content (AvgIpc) is 3.35. The fourth-order valence-electron chi connectivity index (χ4n) is 8.78. The largest absolute Gasteiger partial charge is 0.0795 e. The number of rotatable bonds is 3. The third kappa shape index (κ3) is 3.82. The van der Waals surface area contributed by atoms with Gasteiger partial charge in [0.15, 0.2) is 0 Å². The third-order valence-electron chi connectivity index (χ3n) is 11.1. The number of allylic oxidation sites excluding steroid dienone is 3. The van der Waals surface area contributed by atoms with E-state index >= 15 is 0 Å². The highest BCUT2D eigenvalue weighted by atomic mass is 14.4. The molecular weight excluding hydrogens is 565 g/mol. The van der Waals surface area contributed by atoms with Crippen LogP contribution in [-0.2, 0) is 11.8 Å². The molecule has 0 fully saturated rings. The molecule has 0 nitrogen and oxygen atoms in total. The lowest BCUT2D eigenvalue weighted by molar-refractivity contribution is 0.661. The number of hydrogen-bond acceptors (Lipinski definition) is 0. The summed E-state index contributed by atoms with van der Waals surface area (Å²) < 4.78 is 0. The van der Waals surface area contributed by atoms with Gasteiger partial charge in [-0.15, -0.1) is 0 Å². The Morgan fingerprint density at radius 2 is 1.19 bits per heavy atom. The summed E-state index contributed by atoms with van der Waals surface area (Å²) in [5.74, 6) is 0. The molecule has 0 atom stereocenters. The van der Waals surface area contributed by atoms with Crippen molar-refractivity contribution in [1.29, 1.82) is 0 Å². The van der Waals surface area contributed by atoms with Crippen molar-refractivity contribution < 1.29 is 0 Å². The normalized spacial score (nSPS) is 15.1. The lowest BCUT2D eigenvalue weighted by Crippen LogP contribution is -2.15. The summed E-state index contributed by atoms with van der Waals surface area (Å²) in [6.07, 6.45) is 9.11. The quantitative estimate of drug-likeness (QED) is 0.190. The molecule has 0 heterocycles. The predicted octanol–water partition coefficient (Wildman–Crippen LogP) is 12.7. The highest BCUT2D eigenvalue weighted by Crippen LogP contribution is 2.52. The first kappa shape index (κ1) is 26.7. The summed E-state index contributed by atoms with van der Waals surface area (Å²) in [6, 6.07) is 48.0. The Morgan fingerprint density at radius 1 is 0.511 bits per heavy atom. The van der Waals surface area contributed by atoms with Gasteiger partial charge in [-0.25, -0.2) is 0 Å². The molecule has 0 heteroatoms. The van der Waals surface area contributed by atoms with Crippen molar-refractivity contribution >= 4 is 33.2 Å². The molecule has 3 aliphatic carbocycles. The molecule has 47 heavy (non-hydrogen) atoms. The lowest BCUT2D eigenvalue weighted by atomic mass is 9.78. The van der Waals surface area contributed by atoms with Crippen molar-refractivity contribution in [1.82, 2.24) is 0 Å². The number of fused-ring (bicyclic) bond motifs is 4. The van der Waals surface area contributed by atoms with Gasteiger partial charge in [0.25, 0.3) is 0 Å². The van der Waals surface area contributed by atoms with E-state index in [4.69, 9.17) is 0 Å². The lowest BCUT2D eigenvalue weighted by Gasteiger charge is -2.25. The highest BCUT2D eigenvalue weighted by Gasteiger charge is 2.36. The molecule has 0 aliphatic heterocycles. The monoisotopic (exact) mass is 598 g/mol. The molecular formula is C47H34. The Morgan fingerprint density at radius 3 is 2.02 bits per heavy atom. The van der Waals surface area contributed by atoms with E-state index < -0.39 is 0 Å². The van der Waals surface area contributed by atoms with Gasteiger partial charge in [0.1, 0.15) is 0 Å². The first-order valence-corrected chi connectivity index (χ1v) is 16.9. The van der Waals surface area contributed by atoms with Crippen LogP contribution in [-0.4, -0.2) is 0 Å². The van der Waals surface area contributed by atoms with Gasteiger partial charge in [-0.1, -0.05) is 147 Å². The van der Waals surface area contributed by atoms with Crippen LogP contribution in [0.25, 0.3) is 77.7 Å². The minimum absolute atomic E-state index is 0.119. The zero-order chi connectivity index (χ0) is 31.3. The summed E-state index contributed by atoms with van der Waals surface area (Å²) in [5.41, 5.74) is 18.9. The van der Waals surface area contributed by atoms with Crippen molar-refractivity contribution in [2.24, 2.45) is 0 Å². The van der Waals surface area contributed by atoms with Gasteiger partial charge in [0, 0.05) is 5.41 Å². The van der Waals surface area contributed by atoms with Crippen LogP contribution >= 0.6 is 0 Å². The Bertz CT molecular complexity index is 2530. The van der Waals surface area contributed by atoms with Crippen molar-refractivity contribution in [3.05, 3.63) is 167 Å². The van der Waals surface area contributed by atoms with Crippen LogP contribution < -0.4 is 0 Å². The minimum Gasteiger partial charge on any atom is -0.0795 e. The van der Waals surface area contributed by atoms with Gasteiger partial charge >= 0.3 is 0 Å². The fourth-order valence-corrected chi connectivity index (χ4v) is 8.78. The van der Waals surface area contributed by atoms with Gasteiger partial charge in [-0.2, -0.15) is 0 Å². The maximum absolute atomic E-state index is 2.48. The highest BCUT2D eigenvalue weighted by molar-refractivity contribution is 6.08. The first-order valence-electron chi connectivity index (χ1n) is 16.9. The van der Waals surface area contributed by atoms with E-state index in [9.17, 15) is 0 Å². The van der Waals surface area contributed by atoms with Crippen LogP contribution in [0, 0.1) is 0 Å². The van der Waals surface area contributed by atoms with Crippen molar-refractivity contribution in [3.63, 3.8) is 0 Å². The molecule has 0 radical (unpaired) electrons. The number of hydrogen-bond donors (Lipinski definition) is 0. The summed E-state index contributed by atoms with van der Waals surface area (Å²) in [7, 11) is 0. The molecule has 222 valence electrons. The smallest absolute Gasteiger partial charge is 0.0159 e. The van der Waals surface area contributed by atoms with E-state index in [0.29, 0.717) is 0 Å². The van der Waals surface area contributed by atoms with Gasteiger partial charge in [-0.05, 0) is 124 Å². The van der Waals surface area contributed by atoms with E-state index in [-0.39, 0.29) is 5.41 Å². The van der Waals surface area contributed by atoms with E-state index in [2.05, 4.69) is 159 Å². The summed E-state index contributed by atoms with van der Waals surface area (Å²) in [4.78, 5) is 0. The second kappa shape index (κ2) is 9.77. The standard InChI is InChI=1S/C47H34/c1-47(2)43-27-33(36-14-5-6-15-38(36)39-16-8-10-29-9-3-4-13-35(29)39)21-24-40(43)41-25-22-34(28-44(41)47)37-23-19-32-18-17-30-11-7-12-31-20-26-42(37)46(32)45(30)31/h3-10,12-17,19-28H,11,18H2,1-2H3. The van der Waals surface area contributed by atoms with Crippen molar-refractivity contribution in [2.75, 3.05) is 0 Å². The summed E-state index contributed by atoms with van der Waals surface area (Å²) in [6.45, 7) is 4.81. The van der Waals surface area contributed by atoms with Gasteiger partial charge in [0.2, 0.25) is 0 Å². The molecule has 10 rings (SSSR count). The molecule has 0 amide bonds. The average molecular weight is 599 g/mol. The summed E-state index contributed by atoms with van der Waals surface area (Å²) >= 11 is 0. The molecule has 3 aliphatic rings. The molecule has 0 saturated carbocycles. The van der Waals surface area contributed by atoms with Gasteiger partial charge < -0.3 is 0 Å².